The SMILES string of the molecule is Cl.NC[C@H]1CCC[C@H]1C(=O)Nc1cccc(OCc2cccc(F)c2)c1. The molecule has 3 N–H and O–H groups in total. The van der Waals surface area contributed by atoms with Gasteiger partial charge in [0.15, 0.2) is 0 Å². The minimum Gasteiger partial charge on any atom is -0.489 e. The molecule has 1 fully saturated rings. The normalized spacial score (nSPS) is 18.8. The molecule has 0 radical (unpaired) electrons. The molecule has 1 saturated carbocycles. The smallest absolute Gasteiger partial charge is 0.227 e. The molecule has 4 nitrogen and oxygen atoms in total. The Kier molecular flexibility index (Phi) is 7.42. The number of amides is 1. The van der Waals surface area contributed by atoms with Gasteiger partial charge in [0, 0.05) is 17.7 Å². The van der Waals surface area contributed by atoms with E-state index in [-0.39, 0.29) is 42.6 Å². The number of halogens is 2. The minimum atomic E-state index is -0.284. The summed E-state index contributed by atoms with van der Waals surface area (Å²) in [5, 5.41) is 2.96. The predicted molar refractivity (Wildman–Crippen MR) is 103 cm³/mol. The Bertz CT molecular complexity index is 741. The zero-order chi connectivity index (χ0) is 17.6. The van der Waals surface area contributed by atoms with Gasteiger partial charge in [0.2, 0.25) is 5.91 Å². The number of hydrogen-bond acceptors (Lipinski definition) is 3. The molecular formula is C20H24ClFN2O2. The standard InChI is InChI=1S/C20H23FN2O2.ClH/c21-16-6-1-4-14(10-16)13-25-18-8-3-7-17(11-18)23-20(24)19-9-2-5-15(19)12-22;/h1,3-4,6-8,10-11,15,19H,2,5,9,12-13,22H2,(H,23,24);1H/t15-,19-;/m1./s1. The Hall–Kier alpha value is -2.11. The lowest BCUT2D eigenvalue weighted by Gasteiger charge is -2.17. The number of carbonyl (C=O) groups excluding carboxylic acids is 1. The summed E-state index contributed by atoms with van der Waals surface area (Å²) in [6.07, 6.45) is 2.96. The molecule has 0 unspecified atom stereocenters. The van der Waals surface area contributed by atoms with Gasteiger partial charge in [-0.3, -0.25) is 4.79 Å². The summed E-state index contributed by atoms with van der Waals surface area (Å²) in [6, 6.07) is 13.6. The van der Waals surface area contributed by atoms with E-state index in [2.05, 4.69) is 5.32 Å². The Labute approximate surface area is 159 Å². The van der Waals surface area contributed by atoms with Gasteiger partial charge in [-0.25, -0.2) is 4.39 Å². The minimum absolute atomic E-state index is 0. The van der Waals surface area contributed by atoms with E-state index < -0.39 is 0 Å². The first-order valence-electron chi connectivity index (χ1n) is 8.64. The van der Waals surface area contributed by atoms with Crippen molar-refractivity contribution in [3.05, 3.63) is 59.9 Å². The van der Waals surface area contributed by atoms with Crippen molar-refractivity contribution < 1.29 is 13.9 Å². The Morgan fingerprint density at radius 2 is 2.00 bits per heavy atom. The summed E-state index contributed by atoms with van der Waals surface area (Å²) in [6.45, 7) is 0.821. The lowest BCUT2D eigenvalue weighted by atomic mass is 9.95. The van der Waals surface area contributed by atoms with Crippen LogP contribution in [0.3, 0.4) is 0 Å². The molecule has 0 saturated heterocycles. The van der Waals surface area contributed by atoms with Crippen LogP contribution < -0.4 is 15.8 Å². The number of nitrogens with one attached hydrogen (secondary N) is 1. The maximum atomic E-state index is 13.2. The first-order chi connectivity index (χ1) is 12.2. The van der Waals surface area contributed by atoms with Crippen LogP contribution in [0.4, 0.5) is 10.1 Å². The van der Waals surface area contributed by atoms with Gasteiger partial charge in [0.1, 0.15) is 18.2 Å². The maximum Gasteiger partial charge on any atom is 0.227 e. The fourth-order valence-electron chi connectivity index (χ4n) is 3.36. The molecule has 2 aromatic carbocycles. The van der Waals surface area contributed by atoms with Gasteiger partial charge in [-0.05, 0) is 55.1 Å². The van der Waals surface area contributed by atoms with E-state index in [1.54, 1.807) is 12.1 Å². The third-order valence-electron chi connectivity index (χ3n) is 4.69. The fourth-order valence-corrected chi connectivity index (χ4v) is 3.36. The van der Waals surface area contributed by atoms with E-state index in [4.69, 9.17) is 10.5 Å². The Balaban J connectivity index is 0.00000243. The van der Waals surface area contributed by atoms with E-state index in [0.717, 1.165) is 24.8 Å². The van der Waals surface area contributed by atoms with Gasteiger partial charge in [-0.1, -0.05) is 24.6 Å². The van der Waals surface area contributed by atoms with Crippen molar-refractivity contribution in [1.29, 1.82) is 0 Å². The van der Waals surface area contributed by atoms with Gasteiger partial charge in [0.05, 0.1) is 0 Å². The molecule has 1 aliphatic carbocycles. The lowest BCUT2D eigenvalue weighted by molar-refractivity contribution is -0.120. The molecule has 26 heavy (non-hydrogen) atoms. The molecule has 140 valence electrons. The summed E-state index contributed by atoms with van der Waals surface area (Å²) < 4.78 is 18.9. The summed E-state index contributed by atoms with van der Waals surface area (Å²) in [5.74, 6) is 0.626. The van der Waals surface area contributed by atoms with E-state index in [9.17, 15) is 9.18 Å². The van der Waals surface area contributed by atoms with E-state index >= 15 is 0 Å². The molecule has 0 bridgehead atoms. The highest BCUT2D eigenvalue weighted by atomic mass is 35.5. The van der Waals surface area contributed by atoms with Gasteiger partial charge < -0.3 is 15.8 Å². The van der Waals surface area contributed by atoms with E-state index in [1.807, 2.05) is 24.3 Å². The second-order valence-corrected chi connectivity index (χ2v) is 6.47. The predicted octanol–water partition coefficient (Wildman–Crippen LogP) is 4.14. The average molecular weight is 379 g/mol. The van der Waals surface area contributed by atoms with Crippen molar-refractivity contribution in [2.75, 3.05) is 11.9 Å². The van der Waals surface area contributed by atoms with E-state index in [0.29, 0.717) is 18.0 Å². The number of benzene rings is 2. The first kappa shape index (κ1) is 20.2. The Morgan fingerprint density at radius 3 is 2.77 bits per heavy atom. The third-order valence-corrected chi connectivity index (χ3v) is 4.69. The molecule has 0 heterocycles. The first-order valence-corrected chi connectivity index (χ1v) is 8.64. The van der Waals surface area contributed by atoms with Crippen molar-refractivity contribution in [3.63, 3.8) is 0 Å². The molecule has 3 rings (SSSR count). The number of carbonyl (C=O) groups is 1. The monoisotopic (exact) mass is 378 g/mol. The zero-order valence-electron chi connectivity index (χ0n) is 14.5. The lowest BCUT2D eigenvalue weighted by Crippen LogP contribution is -2.29. The largest absolute Gasteiger partial charge is 0.489 e. The average Bonchev–Trinajstić information content (AvgIpc) is 3.09. The molecule has 0 spiro atoms. The van der Waals surface area contributed by atoms with Crippen molar-refractivity contribution in [1.82, 2.24) is 0 Å². The van der Waals surface area contributed by atoms with Crippen LogP contribution in [0.2, 0.25) is 0 Å². The molecule has 6 heteroatoms. The van der Waals surface area contributed by atoms with Crippen LogP contribution in [0.15, 0.2) is 48.5 Å². The van der Waals surface area contributed by atoms with Gasteiger partial charge in [-0.2, -0.15) is 0 Å². The van der Waals surface area contributed by atoms with Crippen molar-refractivity contribution >= 4 is 24.0 Å². The quantitative estimate of drug-likeness (QED) is 0.794. The van der Waals surface area contributed by atoms with Gasteiger partial charge in [-0.15, -0.1) is 12.4 Å². The molecule has 0 aromatic heterocycles. The number of nitrogens with two attached hydrogens (primary N) is 1. The summed E-state index contributed by atoms with van der Waals surface area (Å²) in [5.41, 5.74) is 7.21. The number of anilines is 1. The topological polar surface area (TPSA) is 64.4 Å². The molecular weight excluding hydrogens is 355 g/mol. The Morgan fingerprint density at radius 1 is 1.19 bits per heavy atom. The molecule has 1 aliphatic rings. The van der Waals surface area contributed by atoms with Gasteiger partial charge in [0.25, 0.3) is 0 Å². The van der Waals surface area contributed by atoms with Crippen molar-refractivity contribution in [2.24, 2.45) is 17.6 Å². The van der Waals surface area contributed by atoms with Crippen LogP contribution in [0.5, 0.6) is 5.75 Å². The second-order valence-electron chi connectivity index (χ2n) is 6.47. The molecule has 2 atom stereocenters. The zero-order valence-corrected chi connectivity index (χ0v) is 15.3. The molecule has 0 aliphatic heterocycles. The van der Waals surface area contributed by atoms with Crippen LogP contribution in [0, 0.1) is 17.7 Å². The number of ether oxygens (including phenoxy) is 1. The van der Waals surface area contributed by atoms with Crippen LogP contribution >= 0.6 is 12.4 Å². The highest BCUT2D eigenvalue weighted by Gasteiger charge is 2.31. The van der Waals surface area contributed by atoms with Crippen LogP contribution in [0.1, 0.15) is 24.8 Å². The van der Waals surface area contributed by atoms with Crippen molar-refractivity contribution in [2.45, 2.75) is 25.9 Å². The fraction of sp³-hybridized carbons (Fsp3) is 0.350. The van der Waals surface area contributed by atoms with Crippen molar-refractivity contribution in [3.8, 4) is 5.75 Å². The van der Waals surface area contributed by atoms with Crippen LogP contribution in [-0.4, -0.2) is 12.5 Å². The number of rotatable bonds is 6. The van der Waals surface area contributed by atoms with Crippen LogP contribution in [0.25, 0.3) is 0 Å². The highest BCUT2D eigenvalue weighted by Crippen LogP contribution is 2.32. The summed E-state index contributed by atoms with van der Waals surface area (Å²) in [7, 11) is 0. The van der Waals surface area contributed by atoms with Crippen LogP contribution in [-0.2, 0) is 11.4 Å². The molecule has 1 amide bonds. The maximum absolute atomic E-state index is 13.2. The third kappa shape index (κ3) is 5.19. The van der Waals surface area contributed by atoms with E-state index in [1.165, 1.54) is 12.1 Å². The summed E-state index contributed by atoms with van der Waals surface area (Å²) >= 11 is 0. The highest BCUT2D eigenvalue weighted by molar-refractivity contribution is 5.93. The summed E-state index contributed by atoms with van der Waals surface area (Å²) in [4.78, 5) is 12.5. The number of hydrogen-bond donors (Lipinski definition) is 2. The molecule has 2 aromatic rings. The second kappa shape index (κ2) is 9.55. The van der Waals surface area contributed by atoms with Gasteiger partial charge >= 0.3 is 0 Å².